The molecule has 0 unspecified atom stereocenters. The summed E-state index contributed by atoms with van der Waals surface area (Å²) in [6.45, 7) is 10.2. The van der Waals surface area contributed by atoms with Crippen molar-refractivity contribution in [3.8, 4) is 0 Å². The number of hydrogen-bond donors (Lipinski definition) is 0. The Hall–Kier alpha value is -1.20. The Bertz CT molecular complexity index is 470. The molecule has 0 radical (unpaired) electrons. The van der Waals surface area contributed by atoms with Crippen molar-refractivity contribution in [3.05, 3.63) is 22.7 Å². The van der Waals surface area contributed by atoms with E-state index in [0.717, 1.165) is 0 Å². The zero-order valence-corrected chi connectivity index (χ0v) is 13.3. The summed E-state index contributed by atoms with van der Waals surface area (Å²) in [5.41, 5.74) is -0.162. The third kappa shape index (κ3) is 5.43. The van der Waals surface area contributed by atoms with Crippen molar-refractivity contribution in [2.24, 2.45) is 0 Å². The van der Waals surface area contributed by atoms with Crippen molar-refractivity contribution in [1.82, 2.24) is 9.97 Å². The second-order valence-corrected chi connectivity index (χ2v) is 6.08. The van der Waals surface area contributed by atoms with E-state index in [9.17, 15) is 4.79 Å². The average Bonchev–Trinajstić information content (AvgIpc) is 2.33. The van der Waals surface area contributed by atoms with E-state index in [2.05, 4.69) is 9.97 Å². The van der Waals surface area contributed by atoms with E-state index >= 15 is 0 Å². The van der Waals surface area contributed by atoms with Gasteiger partial charge in [0, 0.05) is 5.92 Å². The predicted octanol–water partition coefficient (Wildman–Crippen LogP) is 3.23. The van der Waals surface area contributed by atoms with Gasteiger partial charge >= 0.3 is 5.97 Å². The lowest BCUT2D eigenvalue weighted by molar-refractivity contribution is -0.0283. The molecule has 1 rings (SSSR count). The molecule has 112 valence electrons. The minimum atomic E-state index is -0.559. The van der Waals surface area contributed by atoms with Gasteiger partial charge in [-0.25, -0.2) is 14.8 Å². The van der Waals surface area contributed by atoms with Gasteiger partial charge in [0.05, 0.1) is 23.4 Å². The number of ether oxygens (including phenoxy) is 2. The van der Waals surface area contributed by atoms with Gasteiger partial charge in [-0.15, -0.1) is 0 Å². The molecule has 0 fully saturated rings. The Morgan fingerprint density at radius 1 is 1.35 bits per heavy atom. The van der Waals surface area contributed by atoms with Crippen LogP contribution in [-0.4, -0.2) is 34.8 Å². The fourth-order valence-electron chi connectivity index (χ4n) is 1.35. The number of carbonyl (C=O) groups is 1. The Balaban J connectivity index is 2.61. The molecule has 0 aromatic carbocycles. The summed E-state index contributed by atoms with van der Waals surface area (Å²) in [5, 5.41) is 0.191. The highest BCUT2D eigenvalue weighted by Gasteiger charge is 2.17. The highest BCUT2D eigenvalue weighted by molar-refractivity contribution is 6.33. The molecular weight excluding hydrogens is 280 g/mol. The summed E-state index contributed by atoms with van der Waals surface area (Å²) < 4.78 is 10.6. The molecule has 0 saturated heterocycles. The molecule has 1 aromatic rings. The molecule has 0 aliphatic carbocycles. The van der Waals surface area contributed by atoms with Gasteiger partial charge in [-0.05, 0) is 20.8 Å². The van der Waals surface area contributed by atoms with Crippen LogP contribution in [0.15, 0.2) is 6.20 Å². The average molecular weight is 301 g/mol. The minimum Gasteiger partial charge on any atom is -0.458 e. The quantitative estimate of drug-likeness (QED) is 0.617. The van der Waals surface area contributed by atoms with Crippen LogP contribution in [0, 0.1) is 0 Å². The Labute approximate surface area is 124 Å². The monoisotopic (exact) mass is 300 g/mol. The molecule has 0 N–H and O–H groups in total. The lowest BCUT2D eigenvalue weighted by atomic mass is 10.2. The van der Waals surface area contributed by atoms with Crippen LogP contribution >= 0.6 is 11.6 Å². The van der Waals surface area contributed by atoms with E-state index in [1.54, 1.807) is 0 Å². The lowest BCUT2D eigenvalue weighted by Gasteiger charge is -2.19. The molecular formula is C14H21ClN2O3. The van der Waals surface area contributed by atoms with Gasteiger partial charge in [-0.1, -0.05) is 25.4 Å². The Kier molecular flexibility index (Phi) is 5.89. The number of nitrogens with zero attached hydrogens (tertiary/aromatic N) is 2. The molecule has 20 heavy (non-hydrogen) atoms. The predicted molar refractivity (Wildman–Crippen MR) is 77.1 cm³/mol. The van der Waals surface area contributed by atoms with Crippen LogP contribution in [0.1, 0.15) is 56.8 Å². The van der Waals surface area contributed by atoms with E-state index in [1.807, 2.05) is 34.6 Å². The van der Waals surface area contributed by atoms with E-state index in [1.165, 1.54) is 6.20 Å². The van der Waals surface area contributed by atoms with Crippen molar-refractivity contribution in [2.45, 2.75) is 46.1 Å². The van der Waals surface area contributed by atoms with Crippen LogP contribution in [0.5, 0.6) is 0 Å². The van der Waals surface area contributed by atoms with Crippen molar-refractivity contribution >= 4 is 17.6 Å². The van der Waals surface area contributed by atoms with Crippen molar-refractivity contribution < 1.29 is 14.3 Å². The number of halogens is 1. The summed E-state index contributed by atoms with van der Waals surface area (Å²) in [7, 11) is 0. The van der Waals surface area contributed by atoms with Gasteiger partial charge in [0.15, 0.2) is 5.69 Å². The SMILES string of the molecule is CC(C)c1ncc(Cl)c(C(=O)OCCOC(C)(C)C)n1. The maximum atomic E-state index is 11.9. The van der Waals surface area contributed by atoms with Crippen LogP contribution in [0.3, 0.4) is 0 Å². The highest BCUT2D eigenvalue weighted by Crippen LogP contribution is 2.17. The van der Waals surface area contributed by atoms with Gasteiger partial charge in [-0.3, -0.25) is 0 Å². The molecule has 5 nitrogen and oxygen atoms in total. The second kappa shape index (κ2) is 6.99. The van der Waals surface area contributed by atoms with Crippen LogP contribution in [-0.2, 0) is 9.47 Å². The number of aromatic nitrogens is 2. The third-order valence-electron chi connectivity index (χ3n) is 2.32. The maximum absolute atomic E-state index is 11.9. The molecule has 6 heteroatoms. The first-order chi connectivity index (χ1) is 9.20. The van der Waals surface area contributed by atoms with E-state index < -0.39 is 5.97 Å². The molecule has 1 aromatic heterocycles. The van der Waals surface area contributed by atoms with E-state index in [4.69, 9.17) is 21.1 Å². The first kappa shape index (κ1) is 16.9. The van der Waals surface area contributed by atoms with Crippen LogP contribution < -0.4 is 0 Å². The number of hydrogen-bond acceptors (Lipinski definition) is 5. The molecule has 0 bridgehead atoms. The zero-order chi connectivity index (χ0) is 15.3. The largest absolute Gasteiger partial charge is 0.458 e. The zero-order valence-electron chi connectivity index (χ0n) is 12.6. The van der Waals surface area contributed by atoms with Gasteiger partial charge in [0.1, 0.15) is 12.4 Å². The minimum absolute atomic E-state index is 0.0983. The number of rotatable bonds is 5. The van der Waals surface area contributed by atoms with E-state index in [0.29, 0.717) is 12.4 Å². The van der Waals surface area contributed by atoms with Crippen molar-refractivity contribution in [2.75, 3.05) is 13.2 Å². The maximum Gasteiger partial charge on any atom is 0.358 e. The molecule has 0 atom stereocenters. The summed E-state index contributed by atoms with van der Waals surface area (Å²) in [6.07, 6.45) is 1.42. The fourth-order valence-corrected chi connectivity index (χ4v) is 1.52. The van der Waals surface area contributed by atoms with Gasteiger partial charge in [0.2, 0.25) is 0 Å². The standard InChI is InChI=1S/C14H21ClN2O3/c1-9(2)12-16-8-10(15)11(17-12)13(18)19-6-7-20-14(3,4)5/h8-9H,6-7H2,1-5H3. The van der Waals surface area contributed by atoms with Gasteiger partial charge in [0.25, 0.3) is 0 Å². The molecule has 1 heterocycles. The highest BCUT2D eigenvalue weighted by atomic mass is 35.5. The molecule has 0 amide bonds. The summed E-state index contributed by atoms with van der Waals surface area (Å²) in [5.74, 6) is 0.118. The van der Waals surface area contributed by atoms with Crippen molar-refractivity contribution in [1.29, 1.82) is 0 Å². The van der Waals surface area contributed by atoms with E-state index in [-0.39, 0.29) is 28.8 Å². The van der Waals surface area contributed by atoms with Gasteiger partial charge in [-0.2, -0.15) is 0 Å². The molecule has 0 aliphatic rings. The summed E-state index contributed by atoms with van der Waals surface area (Å²) >= 11 is 5.92. The lowest BCUT2D eigenvalue weighted by Crippen LogP contribution is -2.23. The Morgan fingerprint density at radius 2 is 2.00 bits per heavy atom. The molecule has 0 aliphatic heterocycles. The van der Waals surface area contributed by atoms with Gasteiger partial charge < -0.3 is 9.47 Å². The fraction of sp³-hybridized carbons (Fsp3) is 0.643. The topological polar surface area (TPSA) is 61.3 Å². The van der Waals surface area contributed by atoms with Crippen molar-refractivity contribution in [3.63, 3.8) is 0 Å². The molecule has 0 spiro atoms. The smallest absolute Gasteiger partial charge is 0.358 e. The van der Waals surface area contributed by atoms with Crippen LogP contribution in [0.4, 0.5) is 0 Å². The molecule has 0 saturated carbocycles. The first-order valence-electron chi connectivity index (χ1n) is 6.54. The summed E-state index contributed by atoms with van der Waals surface area (Å²) in [6, 6.07) is 0. The summed E-state index contributed by atoms with van der Waals surface area (Å²) in [4.78, 5) is 20.1. The number of esters is 1. The third-order valence-corrected chi connectivity index (χ3v) is 2.60. The number of carbonyl (C=O) groups excluding carboxylic acids is 1. The first-order valence-corrected chi connectivity index (χ1v) is 6.92. The van der Waals surface area contributed by atoms with Crippen LogP contribution in [0.2, 0.25) is 5.02 Å². The Morgan fingerprint density at radius 3 is 2.55 bits per heavy atom. The normalized spacial score (nSPS) is 11.8. The van der Waals surface area contributed by atoms with Crippen LogP contribution in [0.25, 0.3) is 0 Å². The second-order valence-electron chi connectivity index (χ2n) is 5.68.